The summed E-state index contributed by atoms with van der Waals surface area (Å²) in [5, 5.41) is 1.12. The number of alkyl halides is 1. The van der Waals surface area contributed by atoms with Crippen molar-refractivity contribution in [1.29, 1.82) is 0 Å². The average Bonchev–Trinajstić information content (AvgIpc) is 3.98. The summed E-state index contributed by atoms with van der Waals surface area (Å²) in [5.74, 6) is -1.26. The number of carbonyl (C=O) groups is 2. The largest absolute Gasteiger partial charge is 0.444 e. The van der Waals surface area contributed by atoms with Crippen molar-refractivity contribution >= 4 is 57.3 Å². The number of carbonyl (C=O) groups excluding carboxylic acids is 2. The maximum absolute atomic E-state index is 16.9. The highest BCUT2D eigenvalue weighted by atomic mass is 35.5. The first kappa shape index (κ1) is 40.0. The second kappa shape index (κ2) is 15.7. The fourth-order valence-corrected chi connectivity index (χ4v) is 9.31. The lowest BCUT2D eigenvalue weighted by Gasteiger charge is -2.30. The highest BCUT2D eigenvalue weighted by Gasteiger charge is 2.49. The quantitative estimate of drug-likeness (QED) is 0.101. The summed E-state index contributed by atoms with van der Waals surface area (Å²) in [6, 6.07) is 7.70. The number of amides is 2. The third kappa shape index (κ3) is 7.84. The third-order valence-electron chi connectivity index (χ3n) is 11.8. The first-order chi connectivity index (χ1) is 27.7. The lowest BCUT2D eigenvalue weighted by Crippen LogP contribution is -2.43. The van der Waals surface area contributed by atoms with Crippen LogP contribution in [0.2, 0.25) is 5.02 Å². The second-order valence-electron chi connectivity index (χ2n) is 17.0. The monoisotopic (exact) mass is 818 g/mol. The SMILES string of the molecule is C/[N+](=C\C1CCN(C(=O)/C=C/C2CCCN2C(=O)OC(C)(C)C)C1)c1nc(OC[C@@]23CCCN2C[C@H](F)C3)nc2c(F)c(-c3cccc4ccc(F)c(Cl)c34)ncc12. The van der Waals surface area contributed by atoms with E-state index in [1.54, 1.807) is 57.8 Å². The topological polar surface area (TPSA) is 104 Å². The Bertz CT molecular complexity index is 2340. The summed E-state index contributed by atoms with van der Waals surface area (Å²) < 4.78 is 59.8. The van der Waals surface area contributed by atoms with E-state index in [0.29, 0.717) is 66.6 Å². The van der Waals surface area contributed by atoms with E-state index in [4.69, 9.17) is 26.1 Å². The maximum Gasteiger partial charge on any atom is 0.434 e. The number of hydrogen-bond donors (Lipinski definition) is 0. The van der Waals surface area contributed by atoms with Crippen LogP contribution < -0.4 is 4.74 Å². The van der Waals surface area contributed by atoms with Crippen LogP contribution in [0.15, 0.2) is 48.7 Å². The van der Waals surface area contributed by atoms with Crippen LogP contribution in [0.1, 0.15) is 59.3 Å². The summed E-state index contributed by atoms with van der Waals surface area (Å²) >= 11 is 6.44. The molecule has 2 unspecified atom stereocenters. The van der Waals surface area contributed by atoms with E-state index in [2.05, 4.69) is 14.9 Å². The number of nitrogens with zero attached hydrogens (tertiary/aromatic N) is 7. The molecule has 4 saturated heterocycles. The highest BCUT2D eigenvalue weighted by molar-refractivity contribution is 6.36. The van der Waals surface area contributed by atoms with Gasteiger partial charge < -0.3 is 19.3 Å². The van der Waals surface area contributed by atoms with Crippen LogP contribution in [-0.2, 0) is 9.53 Å². The van der Waals surface area contributed by atoms with Gasteiger partial charge in [0.25, 0.3) is 0 Å². The number of benzene rings is 2. The lowest BCUT2D eigenvalue weighted by atomic mass is 9.95. The molecule has 4 aliphatic heterocycles. The van der Waals surface area contributed by atoms with E-state index in [1.807, 2.05) is 27.0 Å². The molecule has 4 fully saturated rings. The van der Waals surface area contributed by atoms with Gasteiger partial charge in [0.1, 0.15) is 40.8 Å². The van der Waals surface area contributed by atoms with Crippen LogP contribution >= 0.6 is 11.6 Å². The minimum atomic E-state index is -0.955. The zero-order chi connectivity index (χ0) is 40.9. The number of fused-ring (bicyclic) bond motifs is 3. The molecule has 0 radical (unpaired) electrons. The van der Waals surface area contributed by atoms with Gasteiger partial charge in [-0.25, -0.2) is 22.5 Å². The Morgan fingerprint density at radius 1 is 1.07 bits per heavy atom. The average molecular weight is 819 g/mol. The fourth-order valence-electron chi connectivity index (χ4n) is 9.03. The van der Waals surface area contributed by atoms with E-state index < -0.39 is 28.9 Å². The van der Waals surface area contributed by atoms with Crippen molar-refractivity contribution in [2.75, 3.05) is 46.4 Å². The van der Waals surface area contributed by atoms with Gasteiger partial charge in [0.05, 0.1) is 29.9 Å². The molecule has 306 valence electrons. The molecule has 2 aromatic heterocycles. The zero-order valence-electron chi connectivity index (χ0n) is 33.2. The molecule has 6 heterocycles. The molecule has 11 nitrogen and oxygen atoms in total. The maximum atomic E-state index is 16.9. The Balaban J connectivity index is 1.08. The summed E-state index contributed by atoms with van der Waals surface area (Å²) in [4.78, 5) is 45.5. The molecule has 4 atom stereocenters. The minimum Gasteiger partial charge on any atom is -0.444 e. The van der Waals surface area contributed by atoms with Gasteiger partial charge in [-0.05, 0) is 70.9 Å². The Labute approximate surface area is 340 Å². The van der Waals surface area contributed by atoms with Crippen LogP contribution in [0.3, 0.4) is 0 Å². The Morgan fingerprint density at radius 3 is 2.71 bits per heavy atom. The van der Waals surface area contributed by atoms with Gasteiger partial charge in [0.15, 0.2) is 5.82 Å². The number of aromatic nitrogens is 3. The molecule has 0 aliphatic carbocycles. The van der Waals surface area contributed by atoms with Gasteiger partial charge in [-0.1, -0.05) is 41.9 Å². The fraction of sp³-hybridized carbons (Fsp3) is 0.488. The van der Waals surface area contributed by atoms with Gasteiger partial charge in [-0.15, -0.1) is 0 Å². The van der Waals surface area contributed by atoms with E-state index in [9.17, 15) is 18.4 Å². The van der Waals surface area contributed by atoms with E-state index >= 15 is 4.39 Å². The molecule has 0 N–H and O–H groups in total. The normalized spacial score (nSPS) is 24.1. The molecular formula is C43H48ClF3N7O4+. The number of ether oxygens (including phenoxy) is 2. The van der Waals surface area contributed by atoms with Crippen molar-refractivity contribution in [1.82, 2.24) is 29.7 Å². The lowest BCUT2D eigenvalue weighted by molar-refractivity contribution is -0.405. The van der Waals surface area contributed by atoms with Gasteiger partial charge in [0, 0.05) is 66.7 Å². The molecule has 4 aliphatic rings. The van der Waals surface area contributed by atoms with Crippen molar-refractivity contribution in [3.8, 4) is 17.3 Å². The summed E-state index contributed by atoms with van der Waals surface area (Å²) in [7, 11) is 1.79. The Hall–Kier alpha value is -4.82. The molecule has 2 amide bonds. The van der Waals surface area contributed by atoms with E-state index in [-0.39, 0.29) is 52.8 Å². The number of pyridine rings is 1. The van der Waals surface area contributed by atoms with Crippen molar-refractivity contribution in [3.63, 3.8) is 0 Å². The van der Waals surface area contributed by atoms with Crippen LogP contribution in [0.25, 0.3) is 32.9 Å². The third-order valence-corrected chi connectivity index (χ3v) is 12.1. The van der Waals surface area contributed by atoms with Crippen LogP contribution in [0.5, 0.6) is 6.01 Å². The smallest absolute Gasteiger partial charge is 0.434 e. The second-order valence-corrected chi connectivity index (χ2v) is 17.4. The molecule has 58 heavy (non-hydrogen) atoms. The molecule has 8 rings (SSSR count). The number of hydrogen-bond acceptors (Lipinski definition) is 8. The molecule has 0 spiro atoms. The predicted molar refractivity (Wildman–Crippen MR) is 215 cm³/mol. The standard InChI is InChI=1S/C43H48ClF3N7O4/c1-42(2,3)58-41(56)54-18-6-9-29(54)12-14-33(55)52-19-15-26(23-52)22-51(4)39-31-21-48-37(30-10-5-8-27-11-13-32(46)35(44)34(27)30)36(47)38(31)49-40(50-39)57-25-43-16-7-17-53(43)24-28(45)20-43/h5,8,10-14,21-22,26,28-29H,6-7,9,15-20,23-25H2,1-4H3/q+1/b14-12+,51-22+/t26?,28-,29?,43+/m1/s1. The highest BCUT2D eigenvalue weighted by Crippen LogP contribution is 2.41. The predicted octanol–water partition coefficient (Wildman–Crippen LogP) is 7.88. The number of rotatable bonds is 8. The van der Waals surface area contributed by atoms with Crippen LogP contribution in [-0.4, -0.2) is 122 Å². The van der Waals surface area contributed by atoms with E-state index in [1.165, 1.54) is 12.3 Å². The van der Waals surface area contributed by atoms with Crippen LogP contribution in [0.4, 0.5) is 23.8 Å². The van der Waals surface area contributed by atoms with Gasteiger partial charge in [0.2, 0.25) is 5.91 Å². The van der Waals surface area contributed by atoms with E-state index in [0.717, 1.165) is 32.2 Å². The molecule has 0 bridgehead atoms. The molecule has 4 aromatic rings. The number of halogens is 4. The molecule has 0 saturated carbocycles. The Kier molecular flexibility index (Phi) is 10.9. The van der Waals surface area contributed by atoms with Gasteiger partial charge in [-0.2, -0.15) is 4.98 Å². The van der Waals surface area contributed by atoms with Crippen molar-refractivity contribution in [2.45, 2.75) is 82.6 Å². The molecular weight excluding hydrogens is 771 g/mol. The minimum absolute atomic E-state index is 0.0500. The first-order valence-corrected chi connectivity index (χ1v) is 20.4. The molecule has 2 aromatic carbocycles. The first-order valence-electron chi connectivity index (χ1n) is 20.0. The van der Waals surface area contributed by atoms with Crippen molar-refractivity contribution in [2.24, 2.45) is 5.92 Å². The van der Waals surface area contributed by atoms with Crippen molar-refractivity contribution < 1.29 is 36.8 Å². The summed E-state index contributed by atoms with van der Waals surface area (Å²) in [5.41, 5.74) is -0.902. The number of likely N-dealkylation sites (tertiary alicyclic amines) is 2. The van der Waals surface area contributed by atoms with Gasteiger partial charge in [-0.3, -0.25) is 14.7 Å². The Morgan fingerprint density at radius 2 is 1.90 bits per heavy atom. The van der Waals surface area contributed by atoms with Gasteiger partial charge >= 0.3 is 17.9 Å². The molecule has 15 heteroatoms. The summed E-state index contributed by atoms with van der Waals surface area (Å²) in [6.07, 6.45) is 9.75. The van der Waals surface area contributed by atoms with Crippen molar-refractivity contribution in [3.05, 3.63) is 65.3 Å². The summed E-state index contributed by atoms with van der Waals surface area (Å²) in [6.45, 7) is 8.31. The zero-order valence-corrected chi connectivity index (χ0v) is 33.9. The van der Waals surface area contributed by atoms with Crippen LogP contribution in [0, 0.1) is 17.6 Å².